The summed E-state index contributed by atoms with van der Waals surface area (Å²) in [6.45, 7) is 13.7. The highest BCUT2D eigenvalue weighted by molar-refractivity contribution is 7.90. The number of likely N-dealkylation sites (tertiary alicyclic amines) is 2. The number of carbonyl (C=O) groups excluding carboxylic acids is 1. The van der Waals surface area contributed by atoms with Crippen LogP contribution in [0.15, 0.2) is 77.8 Å². The highest BCUT2D eigenvalue weighted by Gasteiger charge is 2.50. The molecule has 3 saturated heterocycles. The molecule has 2 saturated carbocycles. The first-order valence-electron chi connectivity index (χ1n) is 27.3. The zero-order valence-electron chi connectivity index (χ0n) is 43.7. The Bertz CT molecular complexity index is 3040. The second-order valence-electron chi connectivity index (χ2n) is 22.9. The van der Waals surface area contributed by atoms with E-state index in [9.17, 15) is 28.4 Å². The van der Waals surface area contributed by atoms with Gasteiger partial charge in [0.15, 0.2) is 17.2 Å². The highest BCUT2D eigenvalue weighted by atomic mass is 32.2. The van der Waals surface area contributed by atoms with Crippen LogP contribution in [0.2, 0.25) is 0 Å². The van der Waals surface area contributed by atoms with Crippen molar-refractivity contribution >= 4 is 44.0 Å². The van der Waals surface area contributed by atoms with Gasteiger partial charge in [0.25, 0.3) is 27.5 Å². The van der Waals surface area contributed by atoms with Gasteiger partial charge in [0.1, 0.15) is 24.6 Å². The van der Waals surface area contributed by atoms with E-state index in [1.54, 1.807) is 24.4 Å². The number of rotatable bonds is 15. The van der Waals surface area contributed by atoms with Crippen LogP contribution in [-0.4, -0.2) is 114 Å². The molecule has 3 aromatic carbocycles. The zero-order chi connectivity index (χ0) is 52.2. The van der Waals surface area contributed by atoms with E-state index in [2.05, 4.69) is 74.8 Å². The van der Waals surface area contributed by atoms with Crippen molar-refractivity contribution in [1.29, 1.82) is 0 Å². The maximum atomic E-state index is 14.5. The molecule has 1 spiro atoms. The smallest absolute Gasteiger partial charge is 0.297 e. The minimum Gasteiger partial charge on any atom is -0.489 e. The first kappa shape index (κ1) is 51.2. The zero-order valence-corrected chi connectivity index (χ0v) is 44.5. The molecular formula is C57H72N8O9S. The number of aliphatic hydroxyl groups is 1. The summed E-state index contributed by atoms with van der Waals surface area (Å²) < 4.78 is 49.9. The maximum Gasteiger partial charge on any atom is 0.297 e. The number of nitrogens with one attached hydrogen (secondary N) is 3. The van der Waals surface area contributed by atoms with Crippen LogP contribution in [0.4, 0.5) is 17.1 Å². The number of anilines is 2. The molecule has 0 unspecified atom stereocenters. The van der Waals surface area contributed by atoms with Gasteiger partial charge in [0.2, 0.25) is 0 Å². The highest BCUT2D eigenvalue weighted by Crippen LogP contribution is 2.55. The summed E-state index contributed by atoms with van der Waals surface area (Å²) in [6, 6.07) is 21.0. The van der Waals surface area contributed by atoms with Crippen LogP contribution in [0.1, 0.15) is 138 Å². The van der Waals surface area contributed by atoms with Crippen molar-refractivity contribution in [3.63, 3.8) is 0 Å². The van der Waals surface area contributed by atoms with Crippen molar-refractivity contribution in [3.05, 3.63) is 99.7 Å². The molecule has 6 aliphatic rings. The first-order chi connectivity index (χ1) is 36.1. The number of hydrogen-bond donors (Lipinski definition) is 4. The standard InChI is InChI=1S/C57H72N8O9S/c1-5-62-24-8-10-40(62)34-73-55-51(28-38-18-23-58-53(38)60-55)74-49-29-39(63-26-21-57(22-27-63)32-41(33-57)64-25-9-13-47(64)44-12-7-6-11-43(44)36(2)3)14-15-45(49)54(66)61-75(70,71)42-30-48(65(68)69)52-50(31-42)72-35-46(59-52)37-16-19-56(4,67)20-17-37/h6-7,11-12,14-15,18,23,28-31,36-37,40-41,46-47,59,67H,5,8-10,13,16-17,19-22,24-27,32-35H2,1-4H3,(H,58,60)(H,61,66)/t37?,40-,46-,47-,56?/m1/s1. The van der Waals surface area contributed by atoms with Gasteiger partial charge in [-0.05, 0) is 156 Å². The fourth-order valence-electron chi connectivity index (χ4n) is 13.3. The lowest BCUT2D eigenvalue weighted by molar-refractivity contribution is -0.384. The van der Waals surface area contributed by atoms with Gasteiger partial charge in [-0.15, -0.1) is 0 Å². The molecule has 5 aromatic rings. The van der Waals surface area contributed by atoms with Gasteiger partial charge in [-0.1, -0.05) is 45.0 Å². The number of amides is 1. The van der Waals surface area contributed by atoms with Crippen molar-refractivity contribution in [2.75, 3.05) is 56.2 Å². The first-order valence-corrected chi connectivity index (χ1v) is 28.8. The summed E-state index contributed by atoms with van der Waals surface area (Å²) in [6.07, 6.45) is 13.3. The van der Waals surface area contributed by atoms with Crippen LogP contribution < -0.4 is 29.1 Å². The molecule has 0 bridgehead atoms. The second kappa shape index (κ2) is 20.5. The normalized spacial score (nSPS) is 25.2. The number of aromatic amines is 1. The molecule has 75 heavy (non-hydrogen) atoms. The minimum atomic E-state index is -4.72. The molecule has 18 heteroatoms. The number of fused-ring (bicyclic) bond motifs is 2. The summed E-state index contributed by atoms with van der Waals surface area (Å²) in [5.74, 6) is 0.185. The number of ether oxygens (including phenoxy) is 3. The lowest BCUT2D eigenvalue weighted by Gasteiger charge is -2.56. The van der Waals surface area contributed by atoms with E-state index in [-0.39, 0.29) is 64.4 Å². The predicted octanol–water partition coefficient (Wildman–Crippen LogP) is 10.1. The molecule has 1 amide bonds. The summed E-state index contributed by atoms with van der Waals surface area (Å²) in [5, 5.41) is 27.1. The molecule has 17 nitrogen and oxygen atoms in total. The largest absolute Gasteiger partial charge is 0.489 e. The average molecular weight is 1050 g/mol. The van der Waals surface area contributed by atoms with Gasteiger partial charge < -0.3 is 34.5 Å². The number of hydrogen-bond acceptors (Lipinski definition) is 14. The number of nitro groups is 1. The number of nitrogens with zero attached hydrogens (tertiary/aromatic N) is 5. The summed E-state index contributed by atoms with van der Waals surface area (Å²) in [7, 11) is -4.72. The van der Waals surface area contributed by atoms with E-state index in [0.717, 1.165) is 75.5 Å². The van der Waals surface area contributed by atoms with Gasteiger partial charge in [-0.3, -0.25) is 24.7 Å². The summed E-state index contributed by atoms with van der Waals surface area (Å²) in [4.78, 5) is 41.4. The SMILES string of the molecule is CCN1CCC[C@@H]1COc1nc2[nH]ccc2cc1Oc1cc(N2CCC3(CC2)CC(N2CCC[C@@H]2c2ccccc2C(C)C)C3)ccc1C(=O)NS(=O)(=O)c1cc2c(c([N+](=O)[O-])c1)N[C@@H](C1CCC(C)(O)CC1)CO2. The molecule has 4 N–H and O–H groups in total. The number of aromatic nitrogens is 2. The van der Waals surface area contributed by atoms with Crippen molar-refractivity contribution in [3.8, 4) is 23.1 Å². The van der Waals surface area contributed by atoms with Gasteiger partial charge in [-0.2, -0.15) is 4.98 Å². The Morgan fingerprint density at radius 3 is 2.51 bits per heavy atom. The third kappa shape index (κ3) is 10.4. The third-order valence-corrected chi connectivity index (χ3v) is 19.0. The van der Waals surface area contributed by atoms with Crippen LogP contribution >= 0.6 is 0 Å². The van der Waals surface area contributed by atoms with Crippen LogP contribution in [0, 0.1) is 21.4 Å². The molecular weight excluding hydrogens is 973 g/mol. The molecule has 3 atom stereocenters. The number of sulfonamides is 1. The Hall–Kier alpha value is -5.95. The van der Waals surface area contributed by atoms with E-state index in [4.69, 9.17) is 19.2 Å². The summed E-state index contributed by atoms with van der Waals surface area (Å²) >= 11 is 0. The number of nitro benzene ring substituents is 1. The van der Waals surface area contributed by atoms with E-state index < -0.39 is 37.0 Å². The number of benzene rings is 3. The van der Waals surface area contributed by atoms with Gasteiger partial charge >= 0.3 is 0 Å². The second-order valence-corrected chi connectivity index (χ2v) is 24.5. The topological polar surface area (TPSA) is 205 Å². The van der Waals surface area contributed by atoms with Crippen molar-refractivity contribution in [2.45, 2.75) is 145 Å². The van der Waals surface area contributed by atoms with Crippen molar-refractivity contribution in [2.24, 2.45) is 11.3 Å². The lowest BCUT2D eigenvalue weighted by Crippen LogP contribution is -2.54. The molecule has 5 fully saturated rings. The van der Waals surface area contributed by atoms with E-state index in [1.165, 1.54) is 42.9 Å². The van der Waals surface area contributed by atoms with Gasteiger partial charge in [0.05, 0.1) is 27.0 Å². The monoisotopic (exact) mass is 1040 g/mol. The molecule has 400 valence electrons. The number of piperidine rings is 1. The van der Waals surface area contributed by atoms with Crippen molar-refractivity contribution in [1.82, 2.24) is 24.5 Å². The Labute approximate surface area is 439 Å². The Morgan fingerprint density at radius 2 is 1.75 bits per heavy atom. The number of H-pyrrole nitrogens is 1. The van der Waals surface area contributed by atoms with Crippen LogP contribution in [0.5, 0.6) is 23.1 Å². The van der Waals surface area contributed by atoms with Crippen LogP contribution in [-0.2, 0) is 10.0 Å². The molecule has 6 heterocycles. The van der Waals surface area contributed by atoms with E-state index in [0.29, 0.717) is 55.9 Å². The minimum absolute atomic E-state index is 0.00215. The van der Waals surface area contributed by atoms with Gasteiger partial charge in [-0.25, -0.2) is 13.1 Å². The van der Waals surface area contributed by atoms with E-state index >= 15 is 0 Å². The summed E-state index contributed by atoms with van der Waals surface area (Å²) in [5.41, 5.74) is 3.41. The van der Waals surface area contributed by atoms with Crippen LogP contribution in [0.25, 0.3) is 11.0 Å². The van der Waals surface area contributed by atoms with E-state index in [1.807, 2.05) is 19.1 Å². The lowest BCUT2D eigenvalue weighted by atomic mass is 9.59. The molecule has 4 aliphatic heterocycles. The fraction of sp³-hybridized carbons (Fsp3) is 0.544. The number of likely N-dealkylation sites (N-methyl/N-ethyl adjacent to an activating group) is 1. The predicted molar refractivity (Wildman–Crippen MR) is 288 cm³/mol. The van der Waals surface area contributed by atoms with Gasteiger partial charge in [0, 0.05) is 66.7 Å². The Balaban J connectivity index is 0.847. The quantitative estimate of drug-likeness (QED) is 0.0569. The molecule has 2 aromatic heterocycles. The average Bonchev–Trinajstić information content (AvgIpc) is 4.19. The molecule has 11 rings (SSSR count). The molecule has 2 aliphatic carbocycles. The van der Waals surface area contributed by atoms with Crippen LogP contribution in [0.3, 0.4) is 0 Å². The number of pyridine rings is 1. The third-order valence-electron chi connectivity index (χ3n) is 17.7. The Morgan fingerprint density at radius 1 is 0.973 bits per heavy atom. The maximum absolute atomic E-state index is 14.5. The number of carbonyl (C=O) groups is 1. The molecule has 0 radical (unpaired) electrons. The van der Waals surface area contributed by atoms with Crippen molar-refractivity contribution < 1.29 is 37.5 Å². The Kier molecular flexibility index (Phi) is 14.0. The fourth-order valence-corrected chi connectivity index (χ4v) is 14.3.